The summed E-state index contributed by atoms with van der Waals surface area (Å²) in [6.07, 6.45) is 1.49. The van der Waals surface area contributed by atoms with Crippen LogP contribution in [-0.2, 0) is 6.61 Å². The smallest absolute Gasteiger partial charge is 0.271 e. The Bertz CT molecular complexity index is 1740. The number of benzene rings is 4. The molecule has 0 bridgehead atoms. The van der Waals surface area contributed by atoms with Gasteiger partial charge in [0.05, 0.1) is 23.5 Å². The van der Waals surface area contributed by atoms with Gasteiger partial charge in [0, 0.05) is 32.2 Å². The minimum atomic E-state index is -0.358. The van der Waals surface area contributed by atoms with E-state index in [1.54, 1.807) is 30.3 Å². The number of rotatable bonds is 11. The van der Waals surface area contributed by atoms with Crippen molar-refractivity contribution in [1.29, 1.82) is 0 Å². The third-order valence-corrected chi connectivity index (χ3v) is 7.55. The quantitative estimate of drug-likeness (QED) is 0.110. The molecular formula is C32H25Cl3N4O3S. The fourth-order valence-electron chi connectivity index (χ4n) is 3.99. The van der Waals surface area contributed by atoms with Crippen molar-refractivity contribution in [3.8, 4) is 22.8 Å². The molecule has 0 spiro atoms. The van der Waals surface area contributed by atoms with Crippen molar-refractivity contribution in [3.05, 3.63) is 122 Å². The maximum Gasteiger partial charge on any atom is 0.271 e. The van der Waals surface area contributed by atoms with Gasteiger partial charge in [-0.3, -0.25) is 4.79 Å². The molecule has 11 heteroatoms. The molecule has 4 aromatic carbocycles. The zero-order valence-corrected chi connectivity index (χ0v) is 25.9. The molecule has 0 unspecified atom stereocenters. The van der Waals surface area contributed by atoms with Crippen LogP contribution in [0.4, 0.5) is 10.8 Å². The second kappa shape index (κ2) is 14.4. The van der Waals surface area contributed by atoms with Crippen molar-refractivity contribution < 1.29 is 14.3 Å². The van der Waals surface area contributed by atoms with Crippen LogP contribution in [0.3, 0.4) is 0 Å². The summed E-state index contributed by atoms with van der Waals surface area (Å²) in [7, 11) is 0. The molecule has 1 heterocycles. The highest BCUT2D eigenvalue weighted by Crippen LogP contribution is 2.37. The standard InChI is InChI=1S/C32H25Cl3N4O3S/c1-2-41-29-16-21(15-27(35)30(29)42-18-20-4-3-5-25(34)14-20)17-36-39-31(40)23-8-6-22(7-9-23)28-19-43-32(38-28)37-26-12-10-24(33)11-13-26/h3-17,19H,2,18H2,1H3,(H,37,38)(H,39,40)/b36-17-. The van der Waals surface area contributed by atoms with Gasteiger partial charge in [-0.25, -0.2) is 10.4 Å². The molecule has 43 heavy (non-hydrogen) atoms. The van der Waals surface area contributed by atoms with Gasteiger partial charge >= 0.3 is 0 Å². The van der Waals surface area contributed by atoms with Gasteiger partial charge in [-0.1, -0.05) is 59.1 Å². The number of amides is 1. The number of hydrogen-bond acceptors (Lipinski definition) is 7. The summed E-state index contributed by atoms with van der Waals surface area (Å²) in [5.41, 5.74) is 7.11. The third kappa shape index (κ3) is 8.27. The molecule has 7 nitrogen and oxygen atoms in total. The maximum absolute atomic E-state index is 12.7. The van der Waals surface area contributed by atoms with E-state index in [1.807, 2.05) is 66.9 Å². The van der Waals surface area contributed by atoms with E-state index in [0.29, 0.717) is 44.3 Å². The molecule has 0 aliphatic carbocycles. The number of carbonyl (C=O) groups is 1. The number of hydrazone groups is 1. The fraction of sp³-hybridized carbons (Fsp3) is 0.0938. The second-order valence-corrected chi connectivity index (χ2v) is 11.3. The fourth-order valence-corrected chi connectivity index (χ4v) is 5.34. The first-order valence-electron chi connectivity index (χ1n) is 13.1. The van der Waals surface area contributed by atoms with Gasteiger partial charge in [0.15, 0.2) is 16.6 Å². The molecular weight excluding hydrogens is 627 g/mol. The van der Waals surface area contributed by atoms with Gasteiger partial charge in [-0.2, -0.15) is 5.10 Å². The van der Waals surface area contributed by atoms with Crippen molar-refractivity contribution in [2.75, 3.05) is 11.9 Å². The lowest BCUT2D eigenvalue weighted by Gasteiger charge is -2.14. The van der Waals surface area contributed by atoms with E-state index < -0.39 is 0 Å². The number of carbonyl (C=O) groups excluding carboxylic acids is 1. The summed E-state index contributed by atoms with van der Waals surface area (Å²) in [6, 6.07) is 25.4. The Morgan fingerprint density at radius 3 is 2.49 bits per heavy atom. The zero-order valence-electron chi connectivity index (χ0n) is 22.8. The largest absolute Gasteiger partial charge is 0.490 e. The molecule has 2 N–H and O–H groups in total. The van der Waals surface area contributed by atoms with E-state index in [9.17, 15) is 4.79 Å². The summed E-state index contributed by atoms with van der Waals surface area (Å²) < 4.78 is 11.7. The SMILES string of the molecule is CCOc1cc(/C=N\NC(=O)c2ccc(-c3csc(Nc4ccc(Cl)cc4)n3)cc2)cc(Cl)c1OCc1cccc(Cl)c1. The third-order valence-electron chi connectivity index (χ3n) is 6.03. The predicted molar refractivity (Wildman–Crippen MR) is 176 cm³/mol. The van der Waals surface area contributed by atoms with Crippen molar-refractivity contribution in [3.63, 3.8) is 0 Å². The molecule has 0 atom stereocenters. The number of nitrogens with zero attached hydrogens (tertiary/aromatic N) is 2. The number of nitrogens with one attached hydrogen (secondary N) is 2. The predicted octanol–water partition coefficient (Wildman–Crippen LogP) is 9.26. The summed E-state index contributed by atoms with van der Waals surface area (Å²) >= 11 is 20.0. The highest BCUT2D eigenvalue weighted by Gasteiger charge is 2.13. The van der Waals surface area contributed by atoms with Gasteiger partial charge in [-0.15, -0.1) is 11.3 Å². The van der Waals surface area contributed by atoms with Gasteiger partial charge in [0.1, 0.15) is 6.61 Å². The Hall–Kier alpha value is -4.08. The van der Waals surface area contributed by atoms with Crippen LogP contribution >= 0.6 is 46.1 Å². The van der Waals surface area contributed by atoms with Crippen LogP contribution in [0.5, 0.6) is 11.5 Å². The first kappa shape index (κ1) is 30.4. The molecule has 1 amide bonds. The van der Waals surface area contributed by atoms with Crippen LogP contribution in [0.25, 0.3) is 11.3 Å². The summed E-state index contributed by atoms with van der Waals surface area (Å²) in [5.74, 6) is 0.524. The molecule has 0 radical (unpaired) electrons. The minimum absolute atomic E-state index is 0.270. The van der Waals surface area contributed by atoms with Crippen molar-refractivity contribution in [2.24, 2.45) is 5.10 Å². The van der Waals surface area contributed by atoms with Gasteiger partial charge in [0.25, 0.3) is 5.91 Å². The van der Waals surface area contributed by atoms with E-state index >= 15 is 0 Å². The number of hydrogen-bond donors (Lipinski definition) is 2. The van der Waals surface area contributed by atoms with Crippen molar-refractivity contribution in [1.82, 2.24) is 10.4 Å². The zero-order chi connectivity index (χ0) is 30.2. The number of thiazole rings is 1. The lowest BCUT2D eigenvalue weighted by molar-refractivity contribution is 0.0955. The van der Waals surface area contributed by atoms with Crippen LogP contribution in [0.15, 0.2) is 95.4 Å². The Labute approximate surface area is 268 Å². The number of aromatic nitrogens is 1. The number of anilines is 2. The molecule has 0 aliphatic rings. The van der Waals surface area contributed by atoms with E-state index in [1.165, 1.54) is 17.6 Å². The van der Waals surface area contributed by atoms with E-state index in [2.05, 4.69) is 20.8 Å². The van der Waals surface area contributed by atoms with Crippen molar-refractivity contribution >= 4 is 69.1 Å². The van der Waals surface area contributed by atoms with Crippen LogP contribution in [0, 0.1) is 0 Å². The molecule has 0 saturated carbocycles. The molecule has 5 aromatic rings. The summed E-state index contributed by atoms with van der Waals surface area (Å²) in [5, 5.41) is 11.7. The monoisotopic (exact) mass is 650 g/mol. The average molecular weight is 652 g/mol. The first-order chi connectivity index (χ1) is 20.9. The summed E-state index contributed by atoms with van der Waals surface area (Å²) in [4.78, 5) is 17.3. The van der Waals surface area contributed by atoms with Crippen LogP contribution < -0.4 is 20.2 Å². The van der Waals surface area contributed by atoms with Crippen molar-refractivity contribution in [2.45, 2.75) is 13.5 Å². The Morgan fingerprint density at radius 2 is 1.74 bits per heavy atom. The van der Waals surface area contributed by atoms with Crippen LogP contribution in [-0.4, -0.2) is 23.7 Å². The molecule has 5 rings (SSSR count). The van der Waals surface area contributed by atoms with Gasteiger partial charge in [-0.05, 0) is 78.7 Å². The van der Waals surface area contributed by atoms with Crippen LogP contribution in [0.2, 0.25) is 15.1 Å². The molecule has 0 fully saturated rings. The Balaban J connectivity index is 1.20. The molecule has 218 valence electrons. The maximum atomic E-state index is 12.7. The van der Waals surface area contributed by atoms with E-state index in [4.69, 9.17) is 44.3 Å². The Morgan fingerprint density at radius 1 is 0.953 bits per heavy atom. The second-order valence-electron chi connectivity index (χ2n) is 9.13. The minimum Gasteiger partial charge on any atom is -0.490 e. The highest BCUT2D eigenvalue weighted by molar-refractivity contribution is 7.14. The first-order valence-corrected chi connectivity index (χ1v) is 15.1. The average Bonchev–Trinajstić information content (AvgIpc) is 3.47. The topological polar surface area (TPSA) is 84.8 Å². The van der Waals surface area contributed by atoms with E-state index in [0.717, 1.165) is 27.6 Å². The normalized spacial score (nSPS) is 11.0. The van der Waals surface area contributed by atoms with E-state index in [-0.39, 0.29) is 12.5 Å². The lowest BCUT2D eigenvalue weighted by atomic mass is 10.1. The lowest BCUT2D eigenvalue weighted by Crippen LogP contribution is -2.17. The van der Waals surface area contributed by atoms with Gasteiger partial charge in [0.2, 0.25) is 0 Å². The number of halogens is 3. The number of ether oxygens (including phenoxy) is 2. The molecule has 0 saturated heterocycles. The Kier molecular flexibility index (Phi) is 10.2. The molecule has 1 aromatic heterocycles. The summed E-state index contributed by atoms with van der Waals surface area (Å²) in [6.45, 7) is 2.55. The highest BCUT2D eigenvalue weighted by atomic mass is 35.5. The van der Waals surface area contributed by atoms with Gasteiger partial charge < -0.3 is 14.8 Å². The van der Waals surface area contributed by atoms with Crippen LogP contribution in [0.1, 0.15) is 28.4 Å². The molecule has 0 aliphatic heterocycles.